The smallest absolute Gasteiger partial charge is 0.407 e. The number of aromatic nitrogens is 5. The number of nitrogens with one attached hydrogen (secondary N) is 3. The Morgan fingerprint density at radius 3 is 2.38 bits per heavy atom. The number of amides is 2. The lowest BCUT2D eigenvalue weighted by atomic mass is 9.95. The Labute approximate surface area is 392 Å². The van der Waals surface area contributed by atoms with Gasteiger partial charge in [-0.15, -0.1) is 0 Å². The number of allylic oxidation sites excluding steroid dienone is 2. The maximum absolute atomic E-state index is 16.9. The van der Waals surface area contributed by atoms with E-state index in [1.54, 1.807) is 37.2 Å². The highest BCUT2D eigenvalue weighted by Gasteiger charge is 2.43. The van der Waals surface area contributed by atoms with Crippen molar-refractivity contribution in [2.24, 2.45) is 23.5 Å². The highest BCUT2D eigenvalue weighted by Crippen LogP contribution is 2.49. The van der Waals surface area contributed by atoms with E-state index in [4.69, 9.17) is 19.9 Å². The Hall–Kier alpha value is -6.11. The van der Waals surface area contributed by atoms with Crippen LogP contribution in [0.3, 0.4) is 0 Å². The number of halogens is 3. The molecular formula is C50H60F3N9O6. The number of fused-ring (bicyclic) bond motifs is 5. The number of aliphatic hydroxyl groups excluding tert-OH is 1. The van der Waals surface area contributed by atoms with Crippen LogP contribution >= 0.6 is 0 Å². The molecule has 3 aliphatic heterocycles. The van der Waals surface area contributed by atoms with Crippen molar-refractivity contribution >= 4 is 22.9 Å². The molecule has 0 spiro atoms. The van der Waals surface area contributed by atoms with Crippen LogP contribution in [0.5, 0.6) is 5.75 Å². The number of likely N-dealkylation sites (tertiary alicyclic amines) is 2. The first-order valence-corrected chi connectivity index (χ1v) is 23.5. The number of alkyl halides is 2. The van der Waals surface area contributed by atoms with E-state index < -0.39 is 66.8 Å². The largest absolute Gasteiger partial charge is 0.494 e. The molecule has 362 valence electrons. The third-order valence-electron chi connectivity index (χ3n) is 13.7. The number of carbonyl (C=O) groups excluding carboxylic acids is 2. The van der Waals surface area contributed by atoms with Gasteiger partial charge in [-0.25, -0.2) is 27.9 Å². The summed E-state index contributed by atoms with van der Waals surface area (Å²) in [7, 11) is 1.22. The number of ether oxygens (including phenoxy) is 3. The Morgan fingerprint density at radius 1 is 0.971 bits per heavy atom. The predicted molar refractivity (Wildman–Crippen MR) is 250 cm³/mol. The Kier molecular flexibility index (Phi) is 13.2. The number of nitrogens with zero attached hydrogens (tertiary/aromatic N) is 5. The van der Waals surface area contributed by atoms with Gasteiger partial charge in [0, 0.05) is 47.9 Å². The van der Waals surface area contributed by atoms with E-state index in [1.165, 1.54) is 18.1 Å². The van der Waals surface area contributed by atoms with Gasteiger partial charge in [-0.3, -0.25) is 9.69 Å². The second-order valence-electron chi connectivity index (χ2n) is 19.1. The highest BCUT2D eigenvalue weighted by molar-refractivity contribution is 5.92. The molecule has 1 aliphatic carbocycles. The Balaban J connectivity index is 1.06. The fraction of sp³-hybridized carbons (Fsp3) is 0.480. The van der Waals surface area contributed by atoms with Crippen molar-refractivity contribution in [2.75, 3.05) is 26.8 Å². The molecule has 2 amide bonds. The monoisotopic (exact) mass is 939 g/mol. The zero-order chi connectivity index (χ0) is 48.1. The minimum absolute atomic E-state index is 0.0134. The average Bonchev–Trinajstić information content (AvgIpc) is 4.18. The molecule has 0 radical (unpaired) electrons. The molecule has 9 rings (SSSR count). The SMILES string of the molecule is CCCOC1=CC(C2Oc3cc(-c4cnc(C5CC(F)CN5C(O)C(N)C(C)C)[nH]4)cc(F)c3-c3cc4cc(-c5cnc(C6CC(F)CN6C(=O)C(NC(=O)OC)C(C)C)[nH]5)ccc4n32)CC=C1. The molecule has 2 fully saturated rings. The van der Waals surface area contributed by atoms with Gasteiger partial charge in [-0.05, 0) is 67.2 Å². The molecule has 18 heteroatoms. The van der Waals surface area contributed by atoms with Crippen molar-refractivity contribution in [3.05, 3.63) is 90.2 Å². The lowest BCUT2D eigenvalue weighted by Crippen LogP contribution is -2.51. The molecule has 9 unspecified atom stereocenters. The standard InChI is InChI=1S/C50H60F3N9O6/c1-7-13-67-33-10-8-9-28(15-33)49-62-37-12-11-27(35-21-55-46(57-35)40-20-32(52)24-61(40)48(64)44(26(4)5)59-50(65)66-6)14-30(37)17-38(62)42-34(53)16-29(18-41(42)68-49)36-22-56-45(58-36)39-19-31(51)23-60(39)47(63)43(54)25(2)3/h8,10-12,14-18,21-22,25-26,28,31-32,39-40,43-44,47,49,63H,7,9,13,19-20,23-24,54H2,1-6H3,(H,55,57)(H,56,58)(H,59,65). The van der Waals surface area contributed by atoms with E-state index in [1.807, 2.05) is 55.7 Å². The van der Waals surface area contributed by atoms with E-state index in [2.05, 4.69) is 37.4 Å². The minimum atomic E-state index is -1.29. The number of methoxy groups -OCH3 is 1. The quantitative estimate of drug-likeness (QED) is 0.0724. The molecule has 0 saturated carbocycles. The molecule has 6 heterocycles. The van der Waals surface area contributed by atoms with Crippen LogP contribution in [-0.4, -0.2) is 109 Å². The Bertz CT molecular complexity index is 2730. The van der Waals surface area contributed by atoms with Crippen molar-refractivity contribution < 1.29 is 42.1 Å². The van der Waals surface area contributed by atoms with E-state index in [9.17, 15) is 19.1 Å². The van der Waals surface area contributed by atoms with Crippen LogP contribution in [0.1, 0.15) is 90.3 Å². The molecular weight excluding hydrogens is 880 g/mol. The van der Waals surface area contributed by atoms with Crippen molar-refractivity contribution in [2.45, 2.75) is 109 Å². The Morgan fingerprint density at radius 2 is 1.68 bits per heavy atom. The van der Waals surface area contributed by atoms with Gasteiger partial charge >= 0.3 is 6.09 Å². The molecule has 9 atom stereocenters. The first-order valence-electron chi connectivity index (χ1n) is 23.5. The van der Waals surface area contributed by atoms with E-state index in [-0.39, 0.29) is 49.2 Å². The number of hydrogen-bond acceptors (Lipinski definition) is 10. The van der Waals surface area contributed by atoms with Gasteiger partial charge in [0.1, 0.15) is 53.6 Å². The summed E-state index contributed by atoms with van der Waals surface area (Å²) in [5.74, 6) is 0.449. The summed E-state index contributed by atoms with van der Waals surface area (Å²) >= 11 is 0. The number of rotatable bonds is 14. The summed E-state index contributed by atoms with van der Waals surface area (Å²) in [6.45, 7) is 9.87. The predicted octanol–water partition coefficient (Wildman–Crippen LogP) is 8.38. The zero-order valence-electron chi connectivity index (χ0n) is 39.1. The fourth-order valence-corrected chi connectivity index (χ4v) is 10.0. The first kappa shape index (κ1) is 47.0. The molecule has 2 saturated heterocycles. The number of nitrogens with two attached hydrogens (primary N) is 1. The maximum Gasteiger partial charge on any atom is 0.407 e. The van der Waals surface area contributed by atoms with Crippen molar-refractivity contribution in [1.82, 2.24) is 39.6 Å². The van der Waals surface area contributed by atoms with Crippen molar-refractivity contribution in [3.8, 4) is 39.5 Å². The third-order valence-corrected chi connectivity index (χ3v) is 13.7. The summed E-state index contributed by atoms with van der Waals surface area (Å²) in [4.78, 5) is 44.8. The normalized spacial score (nSPS) is 23.9. The van der Waals surface area contributed by atoms with E-state index in [0.29, 0.717) is 53.1 Å². The van der Waals surface area contributed by atoms with Crippen LogP contribution in [0.15, 0.2) is 72.8 Å². The van der Waals surface area contributed by atoms with Gasteiger partial charge in [0.05, 0.1) is 72.9 Å². The van der Waals surface area contributed by atoms with Gasteiger partial charge in [0.15, 0.2) is 6.23 Å². The summed E-state index contributed by atoms with van der Waals surface area (Å²) in [6.07, 6.45) is 6.03. The average molecular weight is 940 g/mol. The zero-order valence-corrected chi connectivity index (χ0v) is 39.1. The molecule has 6 N–H and O–H groups in total. The first-order chi connectivity index (χ1) is 32.6. The van der Waals surface area contributed by atoms with Gasteiger partial charge in [0.25, 0.3) is 0 Å². The van der Waals surface area contributed by atoms with Crippen LogP contribution in [-0.2, 0) is 14.3 Å². The minimum Gasteiger partial charge on any atom is -0.494 e. The van der Waals surface area contributed by atoms with Gasteiger partial charge < -0.3 is 49.8 Å². The lowest BCUT2D eigenvalue weighted by Gasteiger charge is -2.35. The molecule has 5 aromatic rings. The van der Waals surface area contributed by atoms with Gasteiger partial charge in [0.2, 0.25) is 5.91 Å². The maximum atomic E-state index is 16.9. The number of aromatic amines is 2. The molecule has 15 nitrogen and oxygen atoms in total. The van der Waals surface area contributed by atoms with Gasteiger partial charge in [-0.2, -0.15) is 0 Å². The number of carbonyl (C=O) groups is 2. The number of benzene rings is 2. The molecule has 0 bridgehead atoms. The van der Waals surface area contributed by atoms with Crippen LogP contribution < -0.4 is 15.8 Å². The van der Waals surface area contributed by atoms with E-state index >= 15 is 8.78 Å². The second-order valence-corrected chi connectivity index (χ2v) is 19.1. The lowest BCUT2D eigenvalue weighted by molar-refractivity contribution is -0.135. The van der Waals surface area contributed by atoms with Crippen LogP contribution in [0, 0.1) is 23.6 Å². The molecule has 2 aromatic carbocycles. The van der Waals surface area contributed by atoms with E-state index in [0.717, 1.165) is 28.6 Å². The van der Waals surface area contributed by atoms with Crippen molar-refractivity contribution in [3.63, 3.8) is 0 Å². The van der Waals surface area contributed by atoms with Crippen molar-refractivity contribution in [1.29, 1.82) is 0 Å². The van der Waals surface area contributed by atoms with Crippen LogP contribution in [0.25, 0.3) is 44.7 Å². The second kappa shape index (κ2) is 19.1. The molecule has 4 aliphatic rings. The summed E-state index contributed by atoms with van der Waals surface area (Å²) in [5.41, 5.74) is 10.4. The summed E-state index contributed by atoms with van der Waals surface area (Å²) in [6, 6.07) is 8.25. The fourth-order valence-electron chi connectivity index (χ4n) is 10.0. The number of aliphatic hydroxyl groups is 1. The van der Waals surface area contributed by atoms with Gasteiger partial charge in [-0.1, -0.05) is 46.8 Å². The third kappa shape index (κ3) is 8.89. The number of H-pyrrole nitrogens is 2. The van der Waals surface area contributed by atoms with Crippen LogP contribution in [0.2, 0.25) is 0 Å². The topological polar surface area (TPSA) is 189 Å². The molecule has 68 heavy (non-hydrogen) atoms. The highest BCUT2D eigenvalue weighted by atomic mass is 19.1. The number of imidazole rings is 2. The number of hydrogen-bond donors (Lipinski definition) is 5. The summed E-state index contributed by atoms with van der Waals surface area (Å²) in [5, 5.41) is 14.5. The molecule has 3 aromatic heterocycles. The number of alkyl carbamates (subject to hydrolysis) is 1. The summed E-state index contributed by atoms with van der Waals surface area (Å²) < 4.78 is 66.6. The van der Waals surface area contributed by atoms with Crippen LogP contribution in [0.4, 0.5) is 18.0 Å².